The molecule has 17 heavy (non-hydrogen) atoms. The van der Waals surface area contributed by atoms with Crippen molar-refractivity contribution in [3.05, 3.63) is 0 Å². The van der Waals surface area contributed by atoms with Crippen molar-refractivity contribution in [2.75, 3.05) is 24.6 Å². The summed E-state index contributed by atoms with van der Waals surface area (Å²) in [6.07, 6.45) is 0. The second-order valence-corrected chi connectivity index (χ2v) is 11.6. The fraction of sp³-hybridized carbons (Fsp3) is 0.900. The fourth-order valence-electron chi connectivity index (χ4n) is 2.22. The third-order valence-electron chi connectivity index (χ3n) is 3.27. The number of hydrogen-bond donors (Lipinski definition) is 0. The number of halogens is 1. The van der Waals surface area contributed by atoms with Crippen LogP contribution in [-0.4, -0.2) is 50.4 Å². The molecule has 0 aromatic heterocycles. The van der Waals surface area contributed by atoms with E-state index >= 15 is 0 Å². The van der Waals surface area contributed by atoms with E-state index in [1.54, 1.807) is 23.5 Å². The van der Waals surface area contributed by atoms with Crippen molar-refractivity contribution in [1.29, 1.82) is 0 Å². The zero-order valence-electron chi connectivity index (χ0n) is 10.2. The van der Waals surface area contributed by atoms with Crippen LogP contribution in [0.3, 0.4) is 0 Å². The Morgan fingerprint density at radius 3 is 2.35 bits per heavy atom. The molecule has 0 N–H and O–H groups in total. The highest BCUT2D eigenvalue weighted by molar-refractivity contribution is 9.12. The molecule has 2 rings (SSSR count). The Hall–Kier alpha value is 0.800. The minimum atomic E-state index is -2.91. The van der Waals surface area contributed by atoms with Crippen LogP contribution in [-0.2, 0) is 9.84 Å². The van der Waals surface area contributed by atoms with Gasteiger partial charge in [0.05, 0.1) is 16.3 Å². The molecule has 7 heteroatoms. The molecule has 0 aromatic carbocycles. The molecule has 0 amide bonds. The van der Waals surface area contributed by atoms with Gasteiger partial charge in [0.2, 0.25) is 0 Å². The monoisotopic (exact) mass is 358 g/mol. The summed E-state index contributed by atoms with van der Waals surface area (Å²) in [5, 5.41) is 0. The van der Waals surface area contributed by atoms with E-state index in [2.05, 4.69) is 41.3 Å². The molecule has 0 radical (unpaired) electrons. The lowest BCUT2D eigenvalue weighted by Crippen LogP contribution is -2.36. The van der Waals surface area contributed by atoms with Crippen LogP contribution in [0.15, 0.2) is 0 Å². The van der Waals surface area contributed by atoms with Gasteiger partial charge in [-0.1, -0.05) is 15.9 Å². The molecule has 2 aliphatic heterocycles. The Bertz CT molecular complexity index is 442. The number of hydrogen-bond acceptors (Lipinski definition) is 4. The topological polar surface area (TPSA) is 37.1 Å². The van der Waals surface area contributed by atoms with E-state index in [1.807, 2.05) is 0 Å². The maximum absolute atomic E-state index is 11.8. The lowest BCUT2D eigenvalue weighted by molar-refractivity contribution is -0.515. The zero-order chi connectivity index (χ0) is 12.9. The lowest BCUT2D eigenvalue weighted by atomic mass is 10.1. The van der Waals surface area contributed by atoms with Gasteiger partial charge in [-0.15, -0.1) is 0 Å². The number of nitrogens with zero attached hydrogens (tertiary/aromatic N) is 1. The molecular formula is C10H17BrNO2S3+. The minimum Gasteiger partial charge on any atom is -0.229 e. The summed E-state index contributed by atoms with van der Waals surface area (Å²) in [4.78, 5) is 0. The van der Waals surface area contributed by atoms with E-state index in [4.69, 9.17) is 0 Å². The molecule has 2 unspecified atom stereocenters. The summed E-state index contributed by atoms with van der Waals surface area (Å²) >= 11 is 7.09. The van der Waals surface area contributed by atoms with E-state index in [9.17, 15) is 8.42 Å². The largest absolute Gasteiger partial charge is 0.272 e. The third-order valence-corrected chi connectivity index (χ3v) is 11.2. The average molecular weight is 359 g/mol. The van der Waals surface area contributed by atoms with Crippen LogP contribution in [0.1, 0.15) is 20.8 Å². The standard InChI is InChI=1S/C10H17BrNO2S3/c1-4-12(5-2)8-15-9(3)6-17(13,14)7-10(9,11)16-8/h4-7H2,1-3H3/q+1. The quantitative estimate of drug-likeness (QED) is 0.559. The van der Waals surface area contributed by atoms with Crippen molar-refractivity contribution in [3.63, 3.8) is 0 Å². The van der Waals surface area contributed by atoms with E-state index in [-0.39, 0.29) is 19.9 Å². The number of alkyl halides is 1. The van der Waals surface area contributed by atoms with Gasteiger partial charge in [-0.2, -0.15) is 0 Å². The van der Waals surface area contributed by atoms with Gasteiger partial charge in [-0.05, 0) is 44.3 Å². The molecule has 2 aliphatic rings. The molecule has 2 fully saturated rings. The molecule has 2 atom stereocenters. The van der Waals surface area contributed by atoms with Crippen LogP contribution >= 0.6 is 39.5 Å². The van der Waals surface area contributed by atoms with Gasteiger partial charge in [0.25, 0.3) is 4.38 Å². The minimum absolute atomic E-state index is 0.235. The Labute approximate surface area is 120 Å². The zero-order valence-corrected chi connectivity index (χ0v) is 14.2. The van der Waals surface area contributed by atoms with Crippen molar-refractivity contribution in [2.24, 2.45) is 0 Å². The number of sulfone groups is 1. The Morgan fingerprint density at radius 2 is 1.88 bits per heavy atom. The fourth-order valence-corrected chi connectivity index (χ4v) is 11.8. The van der Waals surface area contributed by atoms with Gasteiger partial charge in [-0.25, -0.2) is 13.0 Å². The first-order chi connectivity index (χ1) is 7.75. The van der Waals surface area contributed by atoms with Crippen molar-refractivity contribution in [2.45, 2.75) is 29.2 Å². The predicted molar refractivity (Wildman–Crippen MR) is 80.2 cm³/mol. The summed E-state index contributed by atoms with van der Waals surface area (Å²) in [5.41, 5.74) is 0. The number of fused-ring (bicyclic) bond motifs is 1. The molecule has 2 heterocycles. The second kappa shape index (κ2) is 4.42. The first-order valence-corrected chi connectivity index (χ1v) is 9.89. The van der Waals surface area contributed by atoms with Crippen LogP contribution < -0.4 is 0 Å². The SMILES string of the molecule is CC[N+](CC)=C1SC2(C)CS(=O)(=O)CC2(Br)S1. The molecule has 0 aromatic rings. The van der Waals surface area contributed by atoms with Gasteiger partial charge in [0.1, 0.15) is 16.7 Å². The highest BCUT2D eigenvalue weighted by Gasteiger charge is 2.65. The molecule has 2 saturated heterocycles. The van der Waals surface area contributed by atoms with Crippen molar-refractivity contribution in [1.82, 2.24) is 0 Å². The average Bonchev–Trinajstić information content (AvgIpc) is 2.46. The van der Waals surface area contributed by atoms with Gasteiger partial charge < -0.3 is 0 Å². The second-order valence-electron chi connectivity index (χ2n) is 4.63. The Morgan fingerprint density at radius 1 is 1.29 bits per heavy atom. The highest BCUT2D eigenvalue weighted by atomic mass is 79.9. The molecule has 98 valence electrons. The van der Waals surface area contributed by atoms with Crippen LogP contribution in [0, 0.1) is 0 Å². The molecule has 0 aliphatic carbocycles. The van der Waals surface area contributed by atoms with E-state index in [0.717, 1.165) is 13.1 Å². The normalized spacial score (nSPS) is 39.4. The van der Waals surface area contributed by atoms with Crippen LogP contribution in [0.2, 0.25) is 0 Å². The third kappa shape index (κ3) is 2.32. The van der Waals surface area contributed by atoms with E-state index < -0.39 is 9.84 Å². The van der Waals surface area contributed by atoms with Crippen LogP contribution in [0.4, 0.5) is 0 Å². The summed E-state index contributed by atoms with van der Waals surface area (Å²) in [5.74, 6) is 0.507. The predicted octanol–water partition coefficient (Wildman–Crippen LogP) is 2.15. The van der Waals surface area contributed by atoms with Crippen molar-refractivity contribution < 1.29 is 13.0 Å². The molecule has 0 saturated carbocycles. The maximum atomic E-state index is 11.8. The molecular weight excluding hydrogens is 342 g/mol. The van der Waals surface area contributed by atoms with Crippen molar-refractivity contribution >= 4 is 53.7 Å². The first kappa shape index (κ1) is 14.2. The summed E-state index contributed by atoms with van der Waals surface area (Å²) < 4.78 is 26.5. The molecule has 0 spiro atoms. The van der Waals surface area contributed by atoms with Gasteiger partial charge in [-0.3, -0.25) is 0 Å². The van der Waals surface area contributed by atoms with E-state index in [1.165, 1.54) is 4.38 Å². The number of rotatable bonds is 2. The van der Waals surface area contributed by atoms with Crippen LogP contribution in [0.25, 0.3) is 0 Å². The van der Waals surface area contributed by atoms with Gasteiger partial charge in [0.15, 0.2) is 9.84 Å². The Balaban J connectivity index is 2.38. The lowest BCUT2D eigenvalue weighted by Gasteiger charge is -2.25. The summed E-state index contributed by atoms with van der Waals surface area (Å²) in [6.45, 7) is 8.26. The van der Waals surface area contributed by atoms with Gasteiger partial charge >= 0.3 is 0 Å². The van der Waals surface area contributed by atoms with Gasteiger partial charge in [0, 0.05) is 0 Å². The van der Waals surface area contributed by atoms with Crippen LogP contribution in [0.5, 0.6) is 0 Å². The molecule has 3 nitrogen and oxygen atoms in total. The number of thioether (sulfide) groups is 2. The Kier molecular flexibility index (Phi) is 3.70. The summed E-state index contributed by atoms with van der Waals surface area (Å²) in [7, 11) is -2.91. The molecule has 0 bridgehead atoms. The smallest absolute Gasteiger partial charge is 0.229 e. The maximum Gasteiger partial charge on any atom is 0.272 e. The summed E-state index contributed by atoms with van der Waals surface area (Å²) in [6, 6.07) is 0. The highest BCUT2D eigenvalue weighted by Crippen LogP contribution is 2.62. The van der Waals surface area contributed by atoms with E-state index in [0.29, 0.717) is 0 Å². The first-order valence-electron chi connectivity index (χ1n) is 5.64. The van der Waals surface area contributed by atoms with Crippen molar-refractivity contribution in [3.8, 4) is 0 Å².